The Morgan fingerprint density at radius 2 is 2.18 bits per heavy atom. The van der Waals surface area contributed by atoms with Gasteiger partial charge < -0.3 is 4.74 Å². The molecule has 1 aromatic carbocycles. The number of aromatic nitrogens is 2. The molecule has 0 amide bonds. The van der Waals surface area contributed by atoms with Gasteiger partial charge in [0.1, 0.15) is 0 Å². The lowest BCUT2D eigenvalue weighted by molar-refractivity contribution is 0.177. The molecule has 0 saturated carbocycles. The SMILES string of the molecule is COCc1cc(C)nn1Cc1cccc(Br)c1. The first-order valence-electron chi connectivity index (χ1n) is 5.46. The molecule has 0 aliphatic rings. The first-order chi connectivity index (χ1) is 8.19. The molecule has 0 bridgehead atoms. The average Bonchev–Trinajstić information content (AvgIpc) is 2.59. The van der Waals surface area contributed by atoms with E-state index in [1.165, 1.54) is 5.56 Å². The Kier molecular flexibility index (Phi) is 3.97. The molecule has 0 N–H and O–H groups in total. The summed E-state index contributed by atoms with van der Waals surface area (Å²) in [5.41, 5.74) is 3.34. The topological polar surface area (TPSA) is 27.1 Å². The lowest BCUT2D eigenvalue weighted by Gasteiger charge is -2.07. The molecular formula is C13H15BrN2O. The van der Waals surface area contributed by atoms with E-state index in [0.717, 1.165) is 22.4 Å². The first kappa shape index (κ1) is 12.3. The Morgan fingerprint density at radius 3 is 2.88 bits per heavy atom. The minimum Gasteiger partial charge on any atom is -0.378 e. The van der Waals surface area contributed by atoms with Gasteiger partial charge in [0.25, 0.3) is 0 Å². The van der Waals surface area contributed by atoms with E-state index in [-0.39, 0.29) is 0 Å². The van der Waals surface area contributed by atoms with E-state index in [1.807, 2.05) is 23.7 Å². The summed E-state index contributed by atoms with van der Waals surface area (Å²) in [6.07, 6.45) is 0. The second-order valence-electron chi connectivity index (χ2n) is 4.00. The number of hydrogen-bond acceptors (Lipinski definition) is 2. The second kappa shape index (κ2) is 5.47. The number of aryl methyl sites for hydroxylation is 1. The van der Waals surface area contributed by atoms with Gasteiger partial charge in [-0.2, -0.15) is 5.10 Å². The number of benzene rings is 1. The highest BCUT2D eigenvalue weighted by atomic mass is 79.9. The van der Waals surface area contributed by atoms with Crippen molar-refractivity contribution in [3.05, 3.63) is 51.8 Å². The second-order valence-corrected chi connectivity index (χ2v) is 4.91. The van der Waals surface area contributed by atoms with Crippen LogP contribution in [0.4, 0.5) is 0 Å². The number of halogens is 1. The van der Waals surface area contributed by atoms with Gasteiger partial charge in [-0.1, -0.05) is 28.1 Å². The summed E-state index contributed by atoms with van der Waals surface area (Å²) in [4.78, 5) is 0. The van der Waals surface area contributed by atoms with Gasteiger partial charge in [0, 0.05) is 11.6 Å². The summed E-state index contributed by atoms with van der Waals surface area (Å²) in [5, 5.41) is 4.48. The molecule has 0 aliphatic heterocycles. The van der Waals surface area contributed by atoms with Crippen LogP contribution in [0.3, 0.4) is 0 Å². The summed E-state index contributed by atoms with van der Waals surface area (Å²) in [6.45, 7) is 3.36. The van der Waals surface area contributed by atoms with Crippen LogP contribution < -0.4 is 0 Å². The molecule has 17 heavy (non-hydrogen) atoms. The van der Waals surface area contributed by atoms with E-state index < -0.39 is 0 Å². The van der Waals surface area contributed by atoms with Crippen LogP contribution in [-0.2, 0) is 17.9 Å². The minimum atomic E-state index is 0.592. The standard InChI is InChI=1S/C13H15BrN2O/c1-10-6-13(9-17-2)16(15-10)8-11-4-3-5-12(14)7-11/h3-7H,8-9H2,1-2H3. The maximum atomic E-state index is 5.17. The largest absolute Gasteiger partial charge is 0.378 e. The maximum Gasteiger partial charge on any atom is 0.0881 e. The Balaban J connectivity index is 2.23. The zero-order chi connectivity index (χ0) is 12.3. The highest BCUT2D eigenvalue weighted by Gasteiger charge is 2.05. The molecule has 0 atom stereocenters. The van der Waals surface area contributed by atoms with Gasteiger partial charge in [-0.3, -0.25) is 4.68 Å². The van der Waals surface area contributed by atoms with Gasteiger partial charge in [-0.25, -0.2) is 0 Å². The molecule has 2 rings (SSSR count). The number of nitrogens with zero attached hydrogens (tertiary/aromatic N) is 2. The van der Waals surface area contributed by atoms with Crippen LogP contribution >= 0.6 is 15.9 Å². The normalized spacial score (nSPS) is 10.8. The zero-order valence-electron chi connectivity index (χ0n) is 9.98. The summed E-state index contributed by atoms with van der Waals surface area (Å²) >= 11 is 3.48. The predicted molar refractivity (Wildman–Crippen MR) is 70.9 cm³/mol. The van der Waals surface area contributed by atoms with E-state index in [1.54, 1.807) is 7.11 Å². The Bertz CT molecular complexity index is 508. The van der Waals surface area contributed by atoms with Crippen molar-refractivity contribution in [2.45, 2.75) is 20.1 Å². The molecule has 2 aromatic rings. The summed E-state index contributed by atoms with van der Waals surface area (Å²) < 4.78 is 8.25. The predicted octanol–water partition coefficient (Wildman–Crippen LogP) is 3.15. The fourth-order valence-electron chi connectivity index (χ4n) is 1.81. The minimum absolute atomic E-state index is 0.592. The van der Waals surface area contributed by atoms with E-state index in [2.05, 4.69) is 39.2 Å². The quantitative estimate of drug-likeness (QED) is 0.866. The Morgan fingerprint density at radius 1 is 1.35 bits per heavy atom. The number of ether oxygens (including phenoxy) is 1. The van der Waals surface area contributed by atoms with Gasteiger partial charge in [0.05, 0.1) is 24.5 Å². The van der Waals surface area contributed by atoms with Crippen molar-refractivity contribution in [2.24, 2.45) is 0 Å². The van der Waals surface area contributed by atoms with Crippen LogP contribution in [0, 0.1) is 6.92 Å². The van der Waals surface area contributed by atoms with Crippen molar-refractivity contribution in [3.63, 3.8) is 0 Å². The van der Waals surface area contributed by atoms with Crippen molar-refractivity contribution >= 4 is 15.9 Å². The third kappa shape index (κ3) is 3.17. The lowest BCUT2D eigenvalue weighted by Crippen LogP contribution is -2.07. The number of methoxy groups -OCH3 is 1. The molecule has 0 saturated heterocycles. The van der Waals surface area contributed by atoms with Gasteiger partial charge in [-0.05, 0) is 30.7 Å². The molecule has 0 unspecified atom stereocenters. The highest BCUT2D eigenvalue weighted by Crippen LogP contribution is 2.14. The molecule has 1 heterocycles. The smallest absolute Gasteiger partial charge is 0.0881 e. The third-order valence-electron chi connectivity index (χ3n) is 2.50. The average molecular weight is 295 g/mol. The van der Waals surface area contributed by atoms with Crippen LogP contribution in [0.25, 0.3) is 0 Å². The summed E-state index contributed by atoms with van der Waals surface area (Å²) in [5.74, 6) is 0. The monoisotopic (exact) mass is 294 g/mol. The zero-order valence-corrected chi connectivity index (χ0v) is 11.6. The van der Waals surface area contributed by atoms with Crippen LogP contribution in [0.5, 0.6) is 0 Å². The fraction of sp³-hybridized carbons (Fsp3) is 0.308. The maximum absolute atomic E-state index is 5.17. The van der Waals surface area contributed by atoms with Crippen molar-refractivity contribution in [2.75, 3.05) is 7.11 Å². The van der Waals surface area contributed by atoms with Crippen molar-refractivity contribution in [1.82, 2.24) is 9.78 Å². The van der Waals surface area contributed by atoms with Gasteiger partial charge in [-0.15, -0.1) is 0 Å². The molecule has 0 fully saturated rings. The number of rotatable bonds is 4. The molecule has 3 nitrogen and oxygen atoms in total. The first-order valence-corrected chi connectivity index (χ1v) is 6.25. The molecule has 4 heteroatoms. The Hall–Kier alpha value is -1.13. The lowest BCUT2D eigenvalue weighted by atomic mass is 10.2. The summed E-state index contributed by atoms with van der Waals surface area (Å²) in [6, 6.07) is 10.3. The van der Waals surface area contributed by atoms with Crippen LogP contribution in [0.15, 0.2) is 34.8 Å². The van der Waals surface area contributed by atoms with Crippen LogP contribution in [0.2, 0.25) is 0 Å². The molecule has 0 spiro atoms. The Labute approximate surface area is 110 Å². The van der Waals surface area contributed by atoms with Gasteiger partial charge in [0.2, 0.25) is 0 Å². The third-order valence-corrected chi connectivity index (χ3v) is 2.99. The number of hydrogen-bond donors (Lipinski definition) is 0. The fourth-order valence-corrected chi connectivity index (χ4v) is 2.25. The molecular weight excluding hydrogens is 280 g/mol. The van der Waals surface area contributed by atoms with Crippen LogP contribution in [-0.4, -0.2) is 16.9 Å². The van der Waals surface area contributed by atoms with Gasteiger partial charge in [0.15, 0.2) is 0 Å². The molecule has 0 aliphatic carbocycles. The molecule has 1 aromatic heterocycles. The van der Waals surface area contributed by atoms with Crippen molar-refractivity contribution in [3.8, 4) is 0 Å². The van der Waals surface area contributed by atoms with Crippen LogP contribution in [0.1, 0.15) is 17.0 Å². The molecule has 90 valence electrons. The van der Waals surface area contributed by atoms with E-state index in [4.69, 9.17) is 4.74 Å². The van der Waals surface area contributed by atoms with Crippen molar-refractivity contribution < 1.29 is 4.74 Å². The van der Waals surface area contributed by atoms with Crippen molar-refractivity contribution in [1.29, 1.82) is 0 Å². The van der Waals surface area contributed by atoms with E-state index in [0.29, 0.717) is 6.61 Å². The van der Waals surface area contributed by atoms with E-state index >= 15 is 0 Å². The highest BCUT2D eigenvalue weighted by molar-refractivity contribution is 9.10. The molecule has 0 radical (unpaired) electrons. The van der Waals surface area contributed by atoms with E-state index in [9.17, 15) is 0 Å². The van der Waals surface area contributed by atoms with Gasteiger partial charge >= 0.3 is 0 Å². The summed E-state index contributed by atoms with van der Waals surface area (Å²) in [7, 11) is 1.70.